The molecule has 4 aromatic rings. The monoisotopic (exact) mass is 481 g/mol. The molecule has 0 fully saturated rings. The highest BCUT2D eigenvalue weighted by Crippen LogP contribution is 2.30. The summed E-state index contributed by atoms with van der Waals surface area (Å²) >= 11 is 5.76. The van der Waals surface area contributed by atoms with Crippen molar-refractivity contribution in [2.75, 3.05) is 5.32 Å². The lowest BCUT2D eigenvalue weighted by molar-refractivity contribution is -0.383. The molecule has 0 unspecified atom stereocenters. The van der Waals surface area contributed by atoms with Crippen LogP contribution in [0.2, 0.25) is 5.02 Å². The number of carbonyl (C=O) groups is 2. The Kier molecular flexibility index (Phi) is 5.86. The Labute approximate surface area is 195 Å². The number of anilines is 1. The van der Waals surface area contributed by atoms with Crippen molar-refractivity contribution in [3.63, 3.8) is 0 Å². The molecule has 0 aliphatic rings. The summed E-state index contributed by atoms with van der Waals surface area (Å²) in [5, 5.41) is 26.4. The van der Waals surface area contributed by atoms with E-state index in [0.29, 0.717) is 23.0 Å². The highest BCUT2D eigenvalue weighted by atomic mass is 35.5. The highest BCUT2D eigenvalue weighted by molar-refractivity contribution is 6.31. The molecule has 0 saturated heterocycles. The maximum atomic E-state index is 13.1. The van der Waals surface area contributed by atoms with Gasteiger partial charge in [-0.05, 0) is 37.3 Å². The van der Waals surface area contributed by atoms with E-state index in [2.05, 4.69) is 10.3 Å². The van der Waals surface area contributed by atoms with Crippen LogP contribution < -0.4 is 16.1 Å². The van der Waals surface area contributed by atoms with Crippen LogP contribution in [0.3, 0.4) is 0 Å². The predicted octanol–water partition coefficient (Wildman–Crippen LogP) is 3.80. The molecule has 0 radical (unpaired) electrons. The SMILES string of the molecule is CCn1cc(C(=O)NC(=O)Nc2ccc(Cl)cc2[N+](=O)[O-])c(=O)c2cc(O)c3ncccc3c21. The van der Waals surface area contributed by atoms with Gasteiger partial charge in [0.2, 0.25) is 5.43 Å². The molecule has 0 saturated carbocycles. The summed E-state index contributed by atoms with van der Waals surface area (Å²) in [7, 11) is 0. The van der Waals surface area contributed by atoms with Gasteiger partial charge in [-0.1, -0.05) is 11.6 Å². The van der Waals surface area contributed by atoms with Crippen LogP contribution in [-0.2, 0) is 6.54 Å². The van der Waals surface area contributed by atoms with E-state index in [-0.39, 0.29) is 27.4 Å². The van der Waals surface area contributed by atoms with Gasteiger partial charge >= 0.3 is 6.03 Å². The van der Waals surface area contributed by atoms with Gasteiger partial charge < -0.3 is 15.0 Å². The number of rotatable bonds is 4. The molecule has 4 rings (SSSR count). The zero-order chi connectivity index (χ0) is 24.6. The van der Waals surface area contributed by atoms with E-state index in [0.717, 1.165) is 6.07 Å². The first kappa shape index (κ1) is 22.7. The van der Waals surface area contributed by atoms with Crippen LogP contribution in [0, 0.1) is 10.1 Å². The summed E-state index contributed by atoms with van der Waals surface area (Å²) < 4.78 is 1.64. The van der Waals surface area contributed by atoms with E-state index in [4.69, 9.17) is 11.6 Å². The number of fused-ring (bicyclic) bond motifs is 3. The lowest BCUT2D eigenvalue weighted by Gasteiger charge is -2.14. The Balaban J connectivity index is 1.72. The van der Waals surface area contributed by atoms with Crippen LogP contribution >= 0.6 is 11.6 Å². The Morgan fingerprint density at radius 1 is 1.24 bits per heavy atom. The van der Waals surface area contributed by atoms with Crippen LogP contribution in [0.5, 0.6) is 5.75 Å². The van der Waals surface area contributed by atoms with Crippen LogP contribution in [0.15, 0.2) is 53.6 Å². The molecule has 0 spiro atoms. The van der Waals surface area contributed by atoms with Gasteiger partial charge in [0.25, 0.3) is 11.6 Å². The number of nitro benzene ring substituents is 1. The molecule has 34 heavy (non-hydrogen) atoms. The number of carbonyl (C=O) groups excluding carboxylic acids is 2. The molecule has 172 valence electrons. The van der Waals surface area contributed by atoms with Crippen molar-refractivity contribution in [2.24, 2.45) is 0 Å². The minimum Gasteiger partial charge on any atom is -0.506 e. The van der Waals surface area contributed by atoms with Crippen molar-refractivity contribution >= 4 is 56.7 Å². The molecular formula is C22H16ClN5O6. The van der Waals surface area contributed by atoms with E-state index in [1.165, 1.54) is 30.6 Å². The predicted molar refractivity (Wildman–Crippen MR) is 125 cm³/mol. The van der Waals surface area contributed by atoms with Gasteiger partial charge in [0.15, 0.2) is 0 Å². The van der Waals surface area contributed by atoms with E-state index >= 15 is 0 Å². The van der Waals surface area contributed by atoms with Gasteiger partial charge in [-0.2, -0.15) is 0 Å². The van der Waals surface area contributed by atoms with E-state index < -0.39 is 28.0 Å². The molecule has 12 heteroatoms. The van der Waals surface area contributed by atoms with Crippen molar-refractivity contribution in [1.82, 2.24) is 14.9 Å². The third-order valence-electron chi connectivity index (χ3n) is 5.12. The smallest absolute Gasteiger partial charge is 0.326 e. The highest BCUT2D eigenvalue weighted by Gasteiger charge is 2.22. The number of aryl methyl sites for hydroxylation is 1. The normalized spacial score (nSPS) is 10.9. The Morgan fingerprint density at radius 2 is 2.00 bits per heavy atom. The fourth-order valence-electron chi connectivity index (χ4n) is 3.62. The quantitative estimate of drug-likeness (QED) is 0.227. The maximum Gasteiger partial charge on any atom is 0.326 e. The molecule has 2 heterocycles. The number of hydrogen-bond acceptors (Lipinski definition) is 7. The number of halogens is 1. The lowest BCUT2D eigenvalue weighted by atomic mass is 10.1. The number of nitro groups is 1. The zero-order valence-electron chi connectivity index (χ0n) is 17.5. The topological polar surface area (TPSA) is 156 Å². The number of hydrogen-bond donors (Lipinski definition) is 3. The number of benzene rings is 2. The fraction of sp³-hybridized carbons (Fsp3) is 0.0909. The fourth-order valence-corrected chi connectivity index (χ4v) is 3.79. The minimum atomic E-state index is -1.08. The number of pyridine rings is 2. The summed E-state index contributed by atoms with van der Waals surface area (Å²) in [4.78, 5) is 52.9. The number of nitrogens with one attached hydrogen (secondary N) is 2. The summed E-state index contributed by atoms with van der Waals surface area (Å²) in [6.45, 7) is 2.17. The first-order chi connectivity index (χ1) is 16.2. The number of nitrogens with zero attached hydrogens (tertiary/aromatic N) is 3. The Hall–Kier alpha value is -4.51. The summed E-state index contributed by atoms with van der Waals surface area (Å²) in [5.41, 5.74) is -0.927. The van der Waals surface area contributed by atoms with Gasteiger partial charge in [0, 0.05) is 35.4 Å². The van der Waals surface area contributed by atoms with Crippen LogP contribution in [0.25, 0.3) is 21.8 Å². The molecule has 11 nitrogen and oxygen atoms in total. The third kappa shape index (κ3) is 3.99. The third-order valence-corrected chi connectivity index (χ3v) is 5.36. The van der Waals surface area contributed by atoms with Crippen molar-refractivity contribution in [1.29, 1.82) is 0 Å². The van der Waals surface area contributed by atoms with E-state index in [1.807, 2.05) is 5.32 Å². The van der Waals surface area contributed by atoms with Gasteiger partial charge in [0.1, 0.15) is 22.5 Å². The van der Waals surface area contributed by atoms with E-state index in [9.17, 15) is 29.6 Å². The Bertz CT molecular complexity index is 1570. The van der Waals surface area contributed by atoms with Gasteiger partial charge in [0.05, 0.1) is 15.8 Å². The van der Waals surface area contributed by atoms with Crippen molar-refractivity contribution in [3.8, 4) is 5.75 Å². The molecule has 0 atom stereocenters. The molecular weight excluding hydrogens is 466 g/mol. The standard InChI is InChI=1S/C22H16ClN5O6/c1-2-27-10-14(20(30)13-9-17(29)18-12(19(13)27)4-3-7-24-18)21(31)26-22(32)25-15-6-5-11(23)8-16(15)28(33)34/h3-10,29H,2H2,1H3,(H2,25,26,31,32). The second-order valence-electron chi connectivity index (χ2n) is 7.18. The maximum absolute atomic E-state index is 13.1. The number of urea groups is 1. The zero-order valence-corrected chi connectivity index (χ0v) is 18.3. The second kappa shape index (κ2) is 8.79. The molecule has 3 N–H and O–H groups in total. The first-order valence-corrected chi connectivity index (χ1v) is 10.3. The first-order valence-electron chi connectivity index (χ1n) is 9.91. The summed E-state index contributed by atoms with van der Waals surface area (Å²) in [5.74, 6) is -1.25. The van der Waals surface area contributed by atoms with Crippen LogP contribution in [0.1, 0.15) is 17.3 Å². The number of imide groups is 1. The molecule has 0 aliphatic heterocycles. The summed E-state index contributed by atoms with van der Waals surface area (Å²) in [6.07, 6.45) is 2.81. The van der Waals surface area contributed by atoms with Gasteiger partial charge in [-0.3, -0.25) is 30.0 Å². The average molecular weight is 482 g/mol. The largest absolute Gasteiger partial charge is 0.506 e. The van der Waals surface area contributed by atoms with Crippen LogP contribution in [-0.4, -0.2) is 31.5 Å². The average Bonchev–Trinajstić information content (AvgIpc) is 2.80. The summed E-state index contributed by atoms with van der Waals surface area (Å²) in [6, 6.07) is 7.10. The molecule has 0 aliphatic carbocycles. The van der Waals surface area contributed by atoms with Crippen molar-refractivity contribution in [3.05, 3.63) is 79.7 Å². The molecule has 0 bridgehead atoms. The minimum absolute atomic E-state index is 0.0706. The molecule has 3 amide bonds. The second-order valence-corrected chi connectivity index (χ2v) is 7.61. The van der Waals surface area contributed by atoms with E-state index in [1.54, 1.807) is 23.6 Å². The number of phenols is 1. The lowest BCUT2D eigenvalue weighted by Crippen LogP contribution is -2.37. The van der Waals surface area contributed by atoms with Crippen molar-refractivity contribution in [2.45, 2.75) is 13.5 Å². The van der Waals surface area contributed by atoms with Crippen molar-refractivity contribution < 1.29 is 19.6 Å². The molecule has 2 aromatic carbocycles. The van der Waals surface area contributed by atoms with Gasteiger partial charge in [-0.15, -0.1) is 0 Å². The van der Waals surface area contributed by atoms with Crippen LogP contribution in [0.4, 0.5) is 16.2 Å². The number of phenolic OH excluding ortho intramolecular Hbond substituents is 1. The van der Waals surface area contributed by atoms with Gasteiger partial charge in [-0.25, -0.2) is 4.79 Å². The number of aromatic hydroxyl groups is 1. The number of aromatic nitrogens is 2. The number of amides is 3. The Morgan fingerprint density at radius 3 is 2.71 bits per heavy atom. The molecule has 2 aromatic heterocycles.